The second kappa shape index (κ2) is 4.46. The number of aliphatic hydroxyl groups excluding tert-OH is 1. The first-order valence-corrected chi connectivity index (χ1v) is 5.59. The lowest BCUT2D eigenvalue weighted by Gasteiger charge is -2.16. The summed E-state index contributed by atoms with van der Waals surface area (Å²) in [5.74, 6) is 0. The van der Waals surface area contributed by atoms with Crippen LogP contribution < -0.4 is 11.2 Å². The average Bonchev–Trinajstić information content (AvgIpc) is 2.79. The van der Waals surface area contributed by atoms with E-state index in [1.165, 1.54) is 17.8 Å². The molecule has 1 aromatic heterocycles. The summed E-state index contributed by atoms with van der Waals surface area (Å²) in [4.78, 5) is 23.5. The Morgan fingerprint density at radius 1 is 1.47 bits per heavy atom. The minimum atomic E-state index is -0.385. The highest BCUT2D eigenvalue weighted by Gasteiger charge is 2.27. The van der Waals surface area contributed by atoms with Crippen LogP contribution >= 0.6 is 0 Å². The summed E-state index contributed by atoms with van der Waals surface area (Å²) in [5, 5.41) is 8.99. The van der Waals surface area contributed by atoms with Gasteiger partial charge in [-0.05, 0) is 19.8 Å². The van der Waals surface area contributed by atoms with Gasteiger partial charge in [-0.15, -0.1) is 0 Å². The standard InChI is InChI=1S/C11H16N2O4/c1-7-5-13(11(16)12(2)10(7)15)9-4-3-8(6-14)17-9/h5,8-9,14H,3-4,6H2,1-2H3. The molecule has 0 aromatic carbocycles. The molecule has 2 rings (SSSR count). The number of hydrogen-bond acceptors (Lipinski definition) is 4. The maximum Gasteiger partial charge on any atom is 0.332 e. The van der Waals surface area contributed by atoms with Gasteiger partial charge < -0.3 is 9.84 Å². The molecule has 17 heavy (non-hydrogen) atoms. The molecule has 2 unspecified atom stereocenters. The van der Waals surface area contributed by atoms with E-state index in [-0.39, 0.29) is 30.2 Å². The zero-order chi connectivity index (χ0) is 12.6. The SMILES string of the molecule is Cc1cn(C2CCC(CO)O2)c(=O)n(C)c1=O. The molecule has 1 aliphatic rings. The van der Waals surface area contributed by atoms with Crippen LogP contribution in [0, 0.1) is 6.92 Å². The predicted octanol–water partition coefficient (Wildman–Crippen LogP) is -0.475. The van der Waals surface area contributed by atoms with Crippen LogP contribution in [0.3, 0.4) is 0 Å². The van der Waals surface area contributed by atoms with E-state index in [1.54, 1.807) is 6.92 Å². The van der Waals surface area contributed by atoms with Gasteiger partial charge >= 0.3 is 5.69 Å². The number of aromatic nitrogens is 2. The molecule has 1 aromatic rings. The first kappa shape index (κ1) is 12.1. The van der Waals surface area contributed by atoms with Crippen molar-refractivity contribution in [2.24, 2.45) is 7.05 Å². The van der Waals surface area contributed by atoms with Crippen LogP contribution in [0.2, 0.25) is 0 Å². The second-order valence-corrected chi connectivity index (χ2v) is 4.34. The Morgan fingerprint density at radius 2 is 2.18 bits per heavy atom. The van der Waals surface area contributed by atoms with Crippen LogP contribution in [0.15, 0.2) is 15.8 Å². The summed E-state index contributed by atoms with van der Waals surface area (Å²) >= 11 is 0. The zero-order valence-corrected chi connectivity index (χ0v) is 9.92. The molecule has 6 nitrogen and oxygen atoms in total. The Bertz CT molecular complexity index is 531. The van der Waals surface area contributed by atoms with Crippen LogP contribution in [0.4, 0.5) is 0 Å². The number of hydrogen-bond donors (Lipinski definition) is 1. The highest BCUT2D eigenvalue weighted by Crippen LogP contribution is 2.26. The molecule has 1 fully saturated rings. The Balaban J connectivity index is 2.41. The summed E-state index contributed by atoms with van der Waals surface area (Å²) in [5.41, 5.74) is -0.171. The van der Waals surface area contributed by atoms with Gasteiger partial charge in [0.2, 0.25) is 0 Å². The van der Waals surface area contributed by atoms with E-state index in [1.807, 2.05) is 0 Å². The van der Waals surface area contributed by atoms with E-state index in [2.05, 4.69) is 0 Å². The number of nitrogens with zero attached hydrogens (tertiary/aromatic N) is 2. The van der Waals surface area contributed by atoms with Crippen molar-refractivity contribution in [3.05, 3.63) is 32.6 Å². The number of ether oxygens (including phenoxy) is 1. The van der Waals surface area contributed by atoms with Gasteiger partial charge in [-0.2, -0.15) is 0 Å². The summed E-state index contributed by atoms with van der Waals surface area (Å²) in [6.45, 7) is 1.62. The number of aliphatic hydroxyl groups is 1. The van der Waals surface area contributed by atoms with Crippen LogP contribution in [-0.4, -0.2) is 27.0 Å². The van der Waals surface area contributed by atoms with Crippen LogP contribution in [-0.2, 0) is 11.8 Å². The largest absolute Gasteiger partial charge is 0.394 e. The van der Waals surface area contributed by atoms with Crippen molar-refractivity contribution in [1.29, 1.82) is 0 Å². The lowest BCUT2D eigenvalue weighted by Crippen LogP contribution is -2.40. The molecule has 0 saturated carbocycles. The van der Waals surface area contributed by atoms with Gasteiger partial charge in [-0.3, -0.25) is 13.9 Å². The normalized spacial score (nSPS) is 24.2. The fourth-order valence-corrected chi connectivity index (χ4v) is 2.08. The quantitative estimate of drug-likeness (QED) is 0.758. The van der Waals surface area contributed by atoms with Crippen LogP contribution in [0.5, 0.6) is 0 Å². The smallest absolute Gasteiger partial charge is 0.332 e. The fraction of sp³-hybridized carbons (Fsp3) is 0.636. The third kappa shape index (κ3) is 2.05. The molecule has 1 N–H and O–H groups in total. The van der Waals surface area contributed by atoms with Crippen molar-refractivity contribution in [1.82, 2.24) is 9.13 Å². The van der Waals surface area contributed by atoms with Crippen molar-refractivity contribution >= 4 is 0 Å². The molecular weight excluding hydrogens is 224 g/mol. The van der Waals surface area contributed by atoms with Crippen molar-refractivity contribution in [3.8, 4) is 0 Å². The summed E-state index contributed by atoms with van der Waals surface area (Å²) in [6.07, 6.45) is 2.31. The third-order valence-corrected chi connectivity index (χ3v) is 3.08. The van der Waals surface area contributed by atoms with Crippen LogP contribution in [0.25, 0.3) is 0 Å². The second-order valence-electron chi connectivity index (χ2n) is 4.34. The molecule has 1 saturated heterocycles. The van der Waals surface area contributed by atoms with Crippen molar-refractivity contribution in [3.63, 3.8) is 0 Å². The van der Waals surface area contributed by atoms with Crippen LogP contribution in [0.1, 0.15) is 24.6 Å². The molecule has 6 heteroatoms. The minimum absolute atomic E-state index is 0.0456. The lowest BCUT2D eigenvalue weighted by atomic mass is 10.2. The molecular formula is C11H16N2O4. The maximum atomic E-state index is 11.9. The van der Waals surface area contributed by atoms with Crippen molar-refractivity contribution in [2.75, 3.05) is 6.61 Å². The van der Waals surface area contributed by atoms with Crippen molar-refractivity contribution < 1.29 is 9.84 Å². The maximum absolute atomic E-state index is 11.9. The van der Waals surface area contributed by atoms with Gasteiger partial charge in [0.25, 0.3) is 5.56 Å². The predicted molar refractivity (Wildman–Crippen MR) is 60.9 cm³/mol. The van der Waals surface area contributed by atoms with E-state index in [4.69, 9.17) is 9.84 Å². The van der Waals surface area contributed by atoms with E-state index in [0.29, 0.717) is 12.0 Å². The van der Waals surface area contributed by atoms with Gasteiger partial charge in [0.15, 0.2) is 0 Å². The molecule has 0 amide bonds. The van der Waals surface area contributed by atoms with Gasteiger partial charge in [0.05, 0.1) is 12.7 Å². The van der Waals surface area contributed by atoms with E-state index >= 15 is 0 Å². The van der Waals surface area contributed by atoms with Gasteiger partial charge in [-0.1, -0.05) is 0 Å². The highest BCUT2D eigenvalue weighted by atomic mass is 16.5. The Hall–Kier alpha value is -1.40. The molecule has 0 aliphatic carbocycles. The molecule has 2 heterocycles. The molecule has 0 spiro atoms. The molecule has 0 radical (unpaired) electrons. The molecule has 0 bridgehead atoms. The highest BCUT2D eigenvalue weighted by molar-refractivity contribution is 5.03. The lowest BCUT2D eigenvalue weighted by molar-refractivity contribution is -0.0252. The Kier molecular flexibility index (Phi) is 3.17. The fourth-order valence-electron chi connectivity index (χ4n) is 2.08. The van der Waals surface area contributed by atoms with Gasteiger partial charge in [0, 0.05) is 18.8 Å². The summed E-state index contributed by atoms with van der Waals surface area (Å²) < 4.78 is 8.02. The molecule has 1 aliphatic heterocycles. The van der Waals surface area contributed by atoms with E-state index < -0.39 is 0 Å². The van der Waals surface area contributed by atoms with Crippen molar-refractivity contribution in [2.45, 2.75) is 32.1 Å². The van der Waals surface area contributed by atoms with Gasteiger partial charge in [-0.25, -0.2) is 4.79 Å². The van der Waals surface area contributed by atoms with E-state index in [9.17, 15) is 9.59 Å². The Morgan fingerprint density at radius 3 is 2.76 bits per heavy atom. The average molecular weight is 240 g/mol. The summed E-state index contributed by atoms with van der Waals surface area (Å²) in [7, 11) is 1.45. The summed E-state index contributed by atoms with van der Waals surface area (Å²) in [6, 6.07) is 0. The zero-order valence-electron chi connectivity index (χ0n) is 9.92. The monoisotopic (exact) mass is 240 g/mol. The van der Waals surface area contributed by atoms with Gasteiger partial charge in [0.1, 0.15) is 6.23 Å². The van der Waals surface area contributed by atoms with E-state index in [0.717, 1.165) is 11.0 Å². The topological polar surface area (TPSA) is 73.5 Å². The molecule has 94 valence electrons. The first-order chi connectivity index (χ1) is 8.04. The Labute approximate surface area is 98.1 Å². The number of aryl methyl sites for hydroxylation is 1. The minimum Gasteiger partial charge on any atom is -0.394 e. The molecule has 2 atom stereocenters. The number of rotatable bonds is 2. The first-order valence-electron chi connectivity index (χ1n) is 5.59. The third-order valence-electron chi connectivity index (χ3n) is 3.08.